The van der Waals surface area contributed by atoms with Crippen LogP contribution < -0.4 is 0 Å². The number of aromatic hydroxyl groups is 1. The monoisotopic (exact) mass is 190 g/mol. The minimum Gasteiger partial charge on any atom is -0.508 e. The number of H-pyrrole nitrogens is 1. The second kappa shape index (κ2) is 5.07. The largest absolute Gasteiger partial charge is 0.508 e. The van der Waals surface area contributed by atoms with E-state index in [9.17, 15) is 0 Å². The van der Waals surface area contributed by atoms with Crippen molar-refractivity contribution in [3.05, 3.63) is 36.7 Å². The molecule has 0 saturated heterocycles. The first-order valence-electron chi connectivity index (χ1n) is 4.65. The number of nitrogens with one attached hydrogen (secondary N) is 1. The van der Waals surface area contributed by atoms with Gasteiger partial charge in [-0.05, 0) is 24.3 Å². The van der Waals surface area contributed by atoms with Gasteiger partial charge < -0.3 is 10.1 Å². The van der Waals surface area contributed by atoms with E-state index >= 15 is 0 Å². The highest BCUT2D eigenvalue weighted by Crippen LogP contribution is 2.17. The molecule has 0 aliphatic rings. The van der Waals surface area contributed by atoms with E-state index in [4.69, 9.17) is 5.11 Å². The number of phenols is 1. The predicted octanol–water partition coefficient (Wildman–Crippen LogP) is 2.81. The Morgan fingerprint density at radius 2 is 1.79 bits per heavy atom. The molecule has 0 aliphatic carbocycles. The fraction of sp³-hybridized carbons (Fsp3) is 0.182. The molecular formula is C11H14N2O. The van der Waals surface area contributed by atoms with E-state index in [1.807, 2.05) is 26.0 Å². The van der Waals surface area contributed by atoms with Gasteiger partial charge in [-0.3, -0.25) is 0 Å². The van der Waals surface area contributed by atoms with Crippen LogP contribution in [0.15, 0.2) is 36.7 Å². The molecule has 0 unspecified atom stereocenters. The van der Waals surface area contributed by atoms with Crippen molar-refractivity contribution in [1.29, 1.82) is 0 Å². The standard InChI is InChI=1S/C9H8N2O.C2H6/c12-8-3-1-7(2-4-8)9-10-5-6-11-9;1-2/h1-6,12H,(H,10,11);1-2H3. The molecule has 14 heavy (non-hydrogen) atoms. The van der Waals surface area contributed by atoms with E-state index in [0.29, 0.717) is 0 Å². The average Bonchev–Trinajstić information content (AvgIpc) is 2.75. The lowest BCUT2D eigenvalue weighted by molar-refractivity contribution is 0.475. The molecule has 1 aromatic heterocycles. The van der Waals surface area contributed by atoms with Crippen molar-refractivity contribution in [3.63, 3.8) is 0 Å². The summed E-state index contributed by atoms with van der Waals surface area (Å²) in [6.45, 7) is 4.00. The number of hydrogen-bond donors (Lipinski definition) is 2. The lowest BCUT2D eigenvalue weighted by Gasteiger charge is -1.95. The van der Waals surface area contributed by atoms with Gasteiger partial charge in [0.15, 0.2) is 0 Å². The van der Waals surface area contributed by atoms with Gasteiger partial charge in [0.25, 0.3) is 0 Å². The molecule has 0 spiro atoms. The maximum absolute atomic E-state index is 9.02. The number of imidazole rings is 1. The molecule has 0 atom stereocenters. The van der Waals surface area contributed by atoms with E-state index in [0.717, 1.165) is 11.4 Å². The van der Waals surface area contributed by atoms with Gasteiger partial charge in [-0.2, -0.15) is 0 Å². The fourth-order valence-corrected chi connectivity index (χ4v) is 1.04. The van der Waals surface area contributed by atoms with Gasteiger partial charge in [0.05, 0.1) is 0 Å². The van der Waals surface area contributed by atoms with Gasteiger partial charge in [0.2, 0.25) is 0 Å². The van der Waals surface area contributed by atoms with E-state index < -0.39 is 0 Å². The molecule has 1 aromatic carbocycles. The van der Waals surface area contributed by atoms with Crippen molar-refractivity contribution < 1.29 is 5.11 Å². The first-order chi connectivity index (χ1) is 6.86. The second-order valence-corrected chi connectivity index (χ2v) is 2.48. The van der Waals surface area contributed by atoms with Gasteiger partial charge >= 0.3 is 0 Å². The second-order valence-electron chi connectivity index (χ2n) is 2.48. The third-order valence-corrected chi connectivity index (χ3v) is 1.64. The quantitative estimate of drug-likeness (QED) is 0.726. The van der Waals surface area contributed by atoms with Gasteiger partial charge in [-0.25, -0.2) is 4.98 Å². The molecule has 0 bridgehead atoms. The molecule has 2 N–H and O–H groups in total. The lowest BCUT2D eigenvalue weighted by atomic mass is 10.2. The summed E-state index contributed by atoms with van der Waals surface area (Å²) in [5, 5.41) is 9.02. The highest BCUT2D eigenvalue weighted by atomic mass is 16.3. The van der Waals surface area contributed by atoms with Gasteiger partial charge in [-0.1, -0.05) is 13.8 Å². The van der Waals surface area contributed by atoms with Gasteiger partial charge in [0, 0.05) is 18.0 Å². The fourth-order valence-electron chi connectivity index (χ4n) is 1.04. The van der Waals surface area contributed by atoms with Crippen molar-refractivity contribution >= 4 is 0 Å². The van der Waals surface area contributed by atoms with Crippen LogP contribution >= 0.6 is 0 Å². The van der Waals surface area contributed by atoms with Crippen molar-refractivity contribution in [2.24, 2.45) is 0 Å². The molecule has 3 nitrogen and oxygen atoms in total. The molecule has 0 saturated carbocycles. The van der Waals surface area contributed by atoms with Crippen LogP contribution in [0.2, 0.25) is 0 Å². The average molecular weight is 190 g/mol. The minimum atomic E-state index is 0.269. The number of nitrogens with zero attached hydrogens (tertiary/aromatic N) is 1. The highest BCUT2D eigenvalue weighted by molar-refractivity contribution is 5.55. The molecule has 2 aromatic rings. The van der Waals surface area contributed by atoms with E-state index in [1.165, 1.54) is 0 Å². The van der Waals surface area contributed by atoms with E-state index in [-0.39, 0.29) is 5.75 Å². The summed E-state index contributed by atoms with van der Waals surface area (Å²) in [5.74, 6) is 1.08. The summed E-state index contributed by atoms with van der Waals surface area (Å²) in [4.78, 5) is 7.06. The first-order valence-corrected chi connectivity index (χ1v) is 4.65. The number of aromatic amines is 1. The maximum Gasteiger partial charge on any atom is 0.137 e. The Bertz CT molecular complexity index is 351. The molecule has 2 rings (SSSR count). The van der Waals surface area contributed by atoms with Crippen LogP contribution in [0.5, 0.6) is 5.75 Å². The summed E-state index contributed by atoms with van der Waals surface area (Å²) in [7, 11) is 0. The number of rotatable bonds is 1. The Morgan fingerprint density at radius 1 is 1.14 bits per heavy atom. The van der Waals surface area contributed by atoms with Crippen LogP contribution in [0.3, 0.4) is 0 Å². The molecule has 0 amide bonds. The van der Waals surface area contributed by atoms with Crippen LogP contribution in [0.1, 0.15) is 13.8 Å². The highest BCUT2D eigenvalue weighted by Gasteiger charge is 1.97. The summed E-state index contributed by atoms with van der Waals surface area (Å²) < 4.78 is 0. The normalized spacial score (nSPS) is 9.00. The molecule has 74 valence electrons. The molecule has 3 heteroatoms. The zero-order chi connectivity index (χ0) is 10.4. The molecule has 0 radical (unpaired) electrons. The van der Waals surface area contributed by atoms with Crippen LogP contribution in [-0.2, 0) is 0 Å². The summed E-state index contributed by atoms with van der Waals surface area (Å²) >= 11 is 0. The summed E-state index contributed by atoms with van der Waals surface area (Å²) in [5.41, 5.74) is 0.970. The number of hydrogen-bond acceptors (Lipinski definition) is 2. The van der Waals surface area contributed by atoms with Crippen molar-refractivity contribution in [2.75, 3.05) is 0 Å². The molecular weight excluding hydrogens is 176 g/mol. The minimum absolute atomic E-state index is 0.269. The van der Waals surface area contributed by atoms with Crippen molar-refractivity contribution in [2.45, 2.75) is 13.8 Å². The van der Waals surface area contributed by atoms with Crippen LogP contribution in [0.25, 0.3) is 11.4 Å². The topological polar surface area (TPSA) is 48.9 Å². The Hall–Kier alpha value is -1.77. The summed E-state index contributed by atoms with van der Waals surface area (Å²) in [6, 6.07) is 6.90. The Morgan fingerprint density at radius 3 is 2.29 bits per heavy atom. The van der Waals surface area contributed by atoms with Crippen molar-refractivity contribution in [1.82, 2.24) is 9.97 Å². The van der Waals surface area contributed by atoms with E-state index in [1.54, 1.807) is 24.5 Å². The Kier molecular flexibility index (Phi) is 3.73. The number of phenolic OH excluding ortho intramolecular Hbond substituents is 1. The van der Waals surface area contributed by atoms with Crippen LogP contribution in [0, 0.1) is 0 Å². The maximum atomic E-state index is 9.02. The Labute approximate surface area is 83.4 Å². The van der Waals surface area contributed by atoms with Crippen molar-refractivity contribution in [3.8, 4) is 17.1 Å². The predicted molar refractivity (Wildman–Crippen MR) is 57.0 cm³/mol. The Balaban J connectivity index is 0.000000461. The molecule has 0 aliphatic heterocycles. The van der Waals surface area contributed by atoms with Gasteiger partial charge in [0.1, 0.15) is 11.6 Å². The first kappa shape index (κ1) is 10.3. The summed E-state index contributed by atoms with van der Waals surface area (Å²) in [6.07, 6.45) is 3.46. The smallest absolute Gasteiger partial charge is 0.137 e. The number of benzene rings is 1. The van der Waals surface area contributed by atoms with E-state index in [2.05, 4.69) is 9.97 Å². The third-order valence-electron chi connectivity index (χ3n) is 1.64. The zero-order valence-corrected chi connectivity index (χ0v) is 8.36. The molecule has 1 heterocycles. The van der Waals surface area contributed by atoms with Gasteiger partial charge in [-0.15, -0.1) is 0 Å². The van der Waals surface area contributed by atoms with Crippen LogP contribution in [-0.4, -0.2) is 15.1 Å². The molecule has 0 fully saturated rings. The zero-order valence-electron chi connectivity index (χ0n) is 8.36. The lowest BCUT2D eigenvalue weighted by Crippen LogP contribution is -1.78. The third kappa shape index (κ3) is 2.36. The SMILES string of the molecule is CC.Oc1ccc(-c2ncc[nH]2)cc1. The number of aromatic nitrogens is 2. The van der Waals surface area contributed by atoms with Crippen LogP contribution in [0.4, 0.5) is 0 Å².